The average molecular weight is 266 g/mol. The van der Waals surface area contributed by atoms with E-state index < -0.39 is 0 Å². The fraction of sp³-hybridized carbons (Fsp3) is 0.235. The third kappa shape index (κ3) is 3.37. The van der Waals surface area contributed by atoms with Gasteiger partial charge in [-0.15, -0.1) is 0 Å². The molecule has 0 amide bonds. The summed E-state index contributed by atoms with van der Waals surface area (Å²) >= 11 is 0. The van der Waals surface area contributed by atoms with Crippen LogP contribution in [0.3, 0.4) is 0 Å². The molecular formula is C17H18N2O. The Bertz CT molecular complexity index is 629. The number of rotatable bonds is 5. The van der Waals surface area contributed by atoms with Crippen LogP contribution in [-0.4, -0.2) is 6.54 Å². The van der Waals surface area contributed by atoms with Gasteiger partial charge in [0.1, 0.15) is 12.4 Å². The molecule has 20 heavy (non-hydrogen) atoms. The fourth-order valence-corrected chi connectivity index (χ4v) is 2.09. The molecule has 0 saturated heterocycles. The summed E-state index contributed by atoms with van der Waals surface area (Å²) in [5.74, 6) is 0.877. The fourth-order valence-electron chi connectivity index (χ4n) is 2.09. The number of para-hydroxylation sites is 1. The summed E-state index contributed by atoms with van der Waals surface area (Å²) in [7, 11) is 0. The van der Waals surface area contributed by atoms with E-state index in [1.54, 1.807) is 0 Å². The molecular weight excluding hydrogens is 248 g/mol. The first-order valence-electron chi connectivity index (χ1n) is 6.65. The normalized spacial score (nSPS) is 10.1. The molecule has 0 aromatic heterocycles. The lowest BCUT2D eigenvalue weighted by Crippen LogP contribution is -2.05. The number of nitriles is 1. The molecule has 0 aliphatic rings. The largest absolute Gasteiger partial charge is 0.489 e. The number of benzene rings is 2. The van der Waals surface area contributed by atoms with Crippen molar-refractivity contribution in [2.75, 3.05) is 6.54 Å². The summed E-state index contributed by atoms with van der Waals surface area (Å²) < 4.78 is 5.89. The molecule has 0 atom stereocenters. The predicted molar refractivity (Wildman–Crippen MR) is 79.4 cm³/mol. The number of hydrogen-bond acceptors (Lipinski definition) is 3. The van der Waals surface area contributed by atoms with Crippen LogP contribution in [0, 0.1) is 18.3 Å². The second-order valence-corrected chi connectivity index (χ2v) is 4.69. The molecule has 2 aromatic carbocycles. The highest BCUT2D eigenvalue weighted by molar-refractivity contribution is 5.38. The smallest absolute Gasteiger partial charge is 0.123 e. The Morgan fingerprint density at radius 2 is 1.95 bits per heavy atom. The van der Waals surface area contributed by atoms with Gasteiger partial charge in [0.15, 0.2) is 0 Å². The third-order valence-corrected chi connectivity index (χ3v) is 3.24. The molecule has 0 unspecified atom stereocenters. The highest BCUT2D eigenvalue weighted by Gasteiger charge is 2.05. The topological polar surface area (TPSA) is 59.0 Å². The zero-order valence-corrected chi connectivity index (χ0v) is 11.6. The van der Waals surface area contributed by atoms with Gasteiger partial charge in [0.05, 0.1) is 11.6 Å². The number of ether oxygens (including phenoxy) is 1. The maximum Gasteiger partial charge on any atom is 0.123 e. The predicted octanol–water partition coefficient (Wildman–Crippen LogP) is 2.95. The van der Waals surface area contributed by atoms with E-state index in [-0.39, 0.29) is 0 Å². The highest BCUT2D eigenvalue weighted by atomic mass is 16.5. The molecule has 2 aromatic rings. The van der Waals surface area contributed by atoms with Gasteiger partial charge in [-0.3, -0.25) is 0 Å². The first kappa shape index (κ1) is 14.1. The minimum absolute atomic E-state index is 0.499. The van der Waals surface area contributed by atoms with Gasteiger partial charge in [-0.1, -0.05) is 24.3 Å². The zero-order chi connectivity index (χ0) is 14.4. The van der Waals surface area contributed by atoms with E-state index in [4.69, 9.17) is 15.7 Å². The van der Waals surface area contributed by atoms with Crippen molar-refractivity contribution in [2.45, 2.75) is 20.0 Å². The van der Waals surface area contributed by atoms with Crippen molar-refractivity contribution in [3.8, 4) is 11.8 Å². The Kier molecular flexibility index (Phi) is 4.75. The van der Waals surface area contributed by atoms with Gasteiger partial charge in [-0.25, -0.2) is 0 Å². The van der Waals surface area contributed by atoms with E-state index >= 15 is 0 Å². The van der Waals surface area contributed by atoms with Crippen molar-refractivity contribution < 1.29 is 4.74 Å². The molecule has 2 rings (SSSR count). The van der Waals surface area contributed by atoms with Gasteiger partial charge in [-0.2, -0.15) is 5.26 Å². The van der Waals surface area contributed by atoms with E-state index in [1.807, 2.05) is 49.4 Å². The molecule has 3 nitrogen and oxygen atoms in total. The second-order valence-electron chi connectivity index (χ2n) is 4.69. The van der Waals surface area contributed by atoms with Crippen molar-refractivity contribution in [3.05, 3.63) is 64.7 Å². The third-order valence-electron chi connectivity index (χ3n) is 3.24. The molecule has 0 fully saturated rings. The maximum absolute atomic E-state index is 8.86. The van der Waals surface area contributed by atoms with Crippen molar-refractivity contribution >= 4 is 0 Å². The summed E-state index contributed by atoms with van der Waals surface area (Å²) in [6, 6.07) is 15.7. The van der Waals surface area contributed by atoms with Crippen molar-refractivity contribution in [1.82, 2.24) is 0 Å². The molecule has 0 spiro atoms. The summed E-state index contributed by atoms with van der Waals surface area (Å²) in [4.78, 5) is 0. The molecule has 3 heteroatoms. The minimum atomic E-state index is 0.499. The Morgan fingerprint density at radius 3 is 2.65 bits per heavy atom. The average Bonchev–Trinajstić information content (AvgIpc) is 2.47. The summed E-state index contributed by atoms with van der Waals surface area (Å²) in [6.45, 7) is 3.10. The quantitative estimate of drug-likeness (QED) is 0.905. The summed E-state index contributed by atoms with van der Waals surface area (Å²) in [5.41, 5.74) is 9.57. The van der Waals surface area contributed by atoms with Crippen LogP contribution in [0.2, 0.25) is 0 Å². The molecule has 0 radical (unpaired) electrons. The van der Waals surface area contributed by atoms with Gasteiger partial charge in [0, 0.05) is 0 Å². The van der Waals surface area contributed by atoms with Crippen LogP contribution < -0.4 is 10.5 Å². The number of aryl methyl sites for hydroxylation is 1. The standard InChI is InChI=1S/C17H18N2O/c1-13-10-14(11-19)6-7-16(13)12-20-17-5-3-2-4-15(17)8-9-18/h2-7,10H,8-9,12,18H2,1H3. The van der Waals surface area contributed by atoms with E-state index in [9.17, 15) is 0 Å². The molecule has 0 bridgehead atoms. The molecule has 0 saturated carbocycles. The first-order valence-corrected chi connectivity index (χ1v) is 6.65. The molecule has 102 valence electrons. The monoisotopic (exact) mass is 266 g/mol. The van der Waals surface area contributed by atoms with E-state index in [2.05, 4.69) is 6.07 Å². The van der Waals surface area contributed by atoms with Gasteiger partial charge in [0.2, 0.25) is 0 Å². The Morgan fingerprint density at radius 1 is 1.15 bits per heavy atom. The van der Waals surface area contributed by atoms with Crippen LogP contribution in [-0.2, 0) is 13.0 Å². The molecule has 0 aliphatic heterocycles. The van der Waals surface area contributed by atoms with Crippen molar-refractivity contribution in [2.24, 2.45) is 5.73 Å². The lowest BCUT2D eigenvalue weighted by atomic mass is 10.1. The Hall–Kier alpha value is -2.31. The highest BCUT2D eigenvalue weighted by Crippen LogP contribution is 2.20. The molecule has 0 heterocycles. The molecule has 2 N–H and O–H groups in total. The Balaban J connectivity index is 2.11. The minimum Gasteiger partial charge on any atom is -0.489 e. The van der Waals surface area contributed by atoms with Crippen LogP contribution in [0.1, 0.15) is 22.3 Å². The summed E-state index contributed by atoms with van der Waals surface area (Å²) in [5, 5.41) is 8.86. The van der Waals surface area contributed by atoms with Crippen LogP contribution in [0.15, 0.2) is 42.5 Å². The van der Waals surface area contributed by atoms with Crippen molar-refractivity contribution in [1.29, 1.82) is 5.26 Å². The van der Waals surface area contributed by atoms with Gasteiger partial charge in [-0.05, 0) is 54.8 Å². The second kappa shape index (κ2) is 6.74. The van der Waals surface area contributed by atoms with E-state index in [0.29, 0.717) is 18.7 Å². The maximum atomic E-state index is 8.86. The lowest BCUT2D eigenvalue weighted by molar-refractivity contribution is 0.302. The zero-order valence-electron chi connectivity index (χ0n) is 11.6. The van der Waals surface area contributed by atoms with E-state index in [0.717, 1.165) is 28.9 Å². The first-order chi connectivity index (χ1) is 9.74. The van der Waals surface area contributed by atoms with Crippen LogP contribution in [0.25, 0.3) is 0 Å². The van der Waals surface area contributed by atoms with E-state index in [1.165, 1.54) is 0 Å². The number of hydrogen-bond donors (Lipinski definition) is 1. The van der Waals surface area contributed by atoms with Gasteiger partial charge in [0.25, 0.3) is 0 Å². The van der Waals surface area contributed by atoms with Gasteiger partial charge >= 0.3 is 0 Å². The number of nitrogens with zero attached hydrogens (tertiary/aromatic N) is 1. The lowest BCUT2D eigenvalue weighted by Gasteiger charge is -2.12. The summed E-state index contributed by atoms with van der Waals surface area (Å²) in [6.07, 6.45) is 0.808. The SMILES string of the molecule is Cc1cc(C#N)ccc1COc1ccccc1CCN. The number of nitrogens with two attached hydrogens (primary N) is 1. The van der Waals surface area contributed by atoms with Crippen molar-refractivity contribution in [3.63, 3.8) is 0 Å². The Labute approximate surface area is 119 Å². The van der Waals surface area contributed by atoms with Crippen LogP contribution in [0.5, 0.6) is 5.75 Å². The van der Waals surface area contributed by atoms with Crippen LogP contribution in [0.4, 0.5) is 0 Å². The van der Waals surface area contributed by atoms with Crippen LogP contribution >= 0.6 is 0 Å². The molecule has 0 aliphatic carbocycles. The van der Waals surface area contributed by atoms with Gasteiger partial charge < -0.3 is 10.5 Å².